The molecule has 1 aliphatic heterocycles. The van der Waals surface area contributed by atoms with Crippen molar-refractivity contribution < 1.29 is 0 Å². The van der Waals surface area contributed by atoms with Gasteiger partial charge in [-0.2, -0.15) is 20.4 Å². The molecule has 11 rings (SSSR count). The second-order valence-corrected chi connectivity index (χ2v) is 13.9. The molecule has 88 heavy (non-hydrogen) atoms. The van der Waals surface area contributed by atoms with Crippen LogP contribution in [0.5, 0.6) is 0 Å². The van der Waals surface area contributed by atoms with E-state index in [0.29, 0.717) is 0 Å². The SMILES string of the molecule is CC.CC.CC.CC.CC.CC.CC.CC.CC.CC.CC.CC1=NN=CC1.Cc1cc[nH]c1.Cc1ccc[nH]1.Cc1cn[nH]c1.Cc1cnc[nH]1.Cc1cnc[nH]1.Cc1ncc[nH]1.Cn1cccc1.Cn1cccn1.Cn1ccnc1.Cn1cnnc1. The van der Waals surface area contributed by atoms with Crippen molar-refractivity contribution in [1.82, 2.24) is 88.7 Å². The summed E-state index contributed by atoms with van der Waals surface area (Å²) in [5.74, 6) is 0.968. The molecule has 0 saturated heterocycles. The van der Waals surface area contributed by atoms with E-state index in [2.05, 4.69) is 87.5 Å². The number of H-pyrrole nitrogens is 6. The predicted molar refractivity (Wildman–Crippen MR) is 388 cm³/mol. The highest BCUT2D eigenvalue weighted by Crippen LogP contribution is 1.91. The van der Waals surface area contributed by atoms with Crippen LogP contribution in [0.1, 0.15) is 200 Å². The Balaban J connectivity index is -0.0000000798. The van der Waals surface area contributed by atoms with Crippen LogP contribution in [-0.4, -0.2) is 101 Å². The summed E-state index contributed by atoms with van der Waals surface area (Å²) in [6.07, 6.45) is 38.9. The molecular formula is C68H134N20. The molecule has 0 amide bonds. The molecule has 506 valence electrons. The van der Waals surface area contributed by atoms with E-state index in [-0.39, 0.29) is 0 Å². The topological polar surface area (TPSA) is 242 Å². The third-order valence-electron chi connectivity index (χ3n) is 7.30. The van der Waals surface area contributed by atoms with Gasteiger partial charge in [0.1, 0.15) is 18.5 Å². The van der Waals surface area contributed by atoms with Crippen LogP contribution < -0.4 is 0 Å². The van der Waals surface area contributed by atoms with Crippen molar-refractivity contribution in [3.05, 3.63) is 195 Å². The molecule has 0 bridgehead atoms. The molecule has 6 N–H and O–H groups in total. The van der Waals surface area contributed by atoms with Gasteiger partial charge in [-0.1, -0.05) is 152 Å². The van der Waals surface area contributed by atoms with Gasteiger partial charge in [0, 0.05) is 150 Å². The minimum atomic E-state index is 0.944. The second-order valence-electron chi connectivity index (χ2n) is 13.9. The van der Waals surface area contributed by atoms with Crippen LogP contribution in [0, 0.1) is 41.5 Å². The number of nitrogens with one attached hydrogen (secondary N) is 6. The van der Waals surface area contributed by atoms with Crippen LogP contribution in [0.4, 0.5) is 0 Å². The van der Waals surface area contributed by atoms with Crippen molar-refractivity contribution in [3.8, 4) is 0 Å². The molecule has 0 aromatic carbocycles. The number of hydrogen-bond acceptors (Lipinski definition) is 10. The number of aromatic amines is 6. The van der Waals surface area contributed by atoms with Gasteiger partial charge >= 0.3 is 0 Å². The normalized spacial score (nSPS) is 8.03. The maximum absolute atomic E-state index is 3.86. The van der Waals surface area contributed by atoms with Gasteiger partial charge in [-0.15, -0.1) is 10.2 Å². The fourth-order valence-corrected chi connectivity index (χ4v) is 3.83. The van der Waals surface area contributed by atoms with Gasteiger partial charge in [0.15, 0.2) is 0 Å². The van der Waals surface area contributed by atoms with E-state index in [1.807, 2.05) is 317 Å². The first-order valence-corrected chi connectivity index (χ1v) is 31.6. The maximum atomic E-state index is 3.86. The zero-order chi connectivity index (χ0) is 70.5. The van der Waals surface area contributed by atoms with E-state index in [0.717, 1.165) is 29.3 Å². The monoisotopic (exact) mass is 1230 g/mol. The van der Waals surface area contributed by atoms with E-state index >= 15 is 0 Å². The highest BCUT2D eigenvalue weighted by Gasteiger charge is 1.90. The Hall–Kier alpha value is -8.42. The average Bonchev–Trinajstić information content (AvgIpc) is 4.40. The van der Waals surface area contributed by atoms with Gasteiger partial charge in [-0.3, -0.25) is 9.78 Å². The Labute approximate surface area is 539 Å². The molecule has 20 nitrogen and oxygen atoms in total. The Morgan fingerprint density at radius 1 is 0.420 bits per heavy atom. The van der Waals surface area contributed by atoms with E-state index in [1.165, 1.54) is 16.8 Å². The molecule has 10 aromatic heterocycles. The summed E-state index contributed by atoms with van der Waals surface area (Å²) < 4.78 is 7.42. The number of hydrogen-bond donors (Lipinski definition) is 6. The van der Waals surface area contributed by atoms with Crippen LogP contribution in [0.3, 0.4) is 0 Å². The van der Waals surface area contributed by atoms with Gasteiger partial charge < -0.3 is 38.6 Å². The summed E-state index contributed by atoms with van der Waals surface area (Å²) in [6.45, 7) is 57.9. The van der Waals surface area contributed by atoms with Gasteiger partial charge in [0.05, 0.1) is 25.2 Å². The van der Waals surface area contributed by atoms with E-state index in [9.17, 15) is 0 Å². The van der Waals surface area contributed by atoms with Crippen LogP contribution >= 0.6 is 0 Å². The molecule has 0 aliphatic carbocycles. The second kappa shape index (κ2) is 101. The Morgan fingerprint density at radius 3 is 1.06 bits per heavy atom. The first-order valence-electron chi connectivity index (χ1n) is 31.6. The highest BCUT2D eigenvalue weighted by molar-refractivity contribution is 5.96. The number of aryl methyl sites for hydroxylation is 10. The largest absolute Gasteiger partial charge is 0.367 e. The van der Waals surface area contributed by atoms with E-state index in [1.54, 1.807) is 90.5 Å². The summed E-state index contributed by atoms with van der Waals surface area (Å²) in [7, 11) is 7.70. The van der Waals surface area contributed by atoms with Crippen LogP contribution in [0.25, 0.3) is 0 Å². The lowest BCUT2D eigenvalue weighted by Gasteiger charge is -1.79. The third kappa shape index (κ3) is 96.7. The lowest BCUT2D eigenvalue weighted by Crippen LogP contribution is -1.83. The quantitative estimate of drug-likeness (QED) is 0.0851. The number of rotatable bonds is 0. The first-order chi connectivity index (χ1) is 42.8. The predicted octanol–water partition coefficient (Wildman–Crippen LogP) is 19.3. The molecule has 0 unspecified atom stereocenters. The summed E-state index contributed by atoms with van der Waals surface area (Å²) in [4.78, 5) is 29.8. The molecule has 1 aliphatic rings. The number of aromatic nitrogens is 18. The van der Waals surface area contributed by atoms with Gasteiger partial charge in [0.25, 0.3) is 0 Å². The lowest BCUT2D eigenvalue weighted by atomic mass is 10.3. The molecule has 0 atom stereocenters. The van der Waals surface area contributed by atoms with Crippen LogP contribution in [-0.2, 0) is 28.2 Å². The van der Waals surface area contributed by atoms with Crippen molar-refractivity contribution >= 4 is 11.9 Å². The summed E-state index contributed by atoms with van der Waals surface area (Å²) >= 11 is 0. The number of nitrogens with zero attached hydrogens (tertiary/aromatic N) is 14. The average molecular weight is 1230 g/mol. The number of imidazole rings is 4. The Morgan fingerprint density at radius 2 is 0.943 bits per heavy atom. The molecule has 10 aromatic rings. The first kappa shape index (κ1) is 104. The van der Waals surface area contributed by atoms with Crippen molar-refractivity contribution in [3.63, 3.8) is 0 Å². The van der Waals surface area contributed by atoms with Gasteiger partial charge in [0.2, 0.25) is 0 Å². The van der Waals surface area contributed by atoms with E-state index in [4.69, 9.17) is 0 Å². The fourth-order valence-electron chi connectivity index (χ4n) is 3.83. The summed E-state index contributed by atoms with van der Waals surface area (Å²) in [6, 6.07) is 11.9. The van der Waals surface area contributed by atoms with Crippen LogP contribution in [0.15, 0.2) is 171 Å². The van der Waals surface area contributed by atoms with Crippen molar-refractivity contribution in [1.29, 1.82) is 0 Å². The molecular weight excluding hydrogens is 1100 g/mol. The highest BCUT2D eigenvalue weighted by atomic mass is 15.2. The van der Waals surface area contributed by atoms with Crippen molar-refractivity contribution in [2.45, 2.75) is 207 Å². The fraction of sp³-hybridized carbons (Fsp3) is 0.500. The zero-order valence-corrected chi connectivity index (χ0v) is 62.1. The molecule has 0 radical (unpaired) electrons. The van der Waals surface area contributed by atoms with Crippen molar-refractivity contribution in [2.24, 2.45) is 38.4 Å². The minimum absolute atomic E-state index is 0.944. The molecule has 11 heterocycles. The van der Waals surface area contributed by atoms with Crippen molar-refractivity contribution in [2.75, 3.05) is 0 Å². The Kier molecular flexibility index (Phi) is 119. The lowest BCUT2D eigenvalue weighted by molar-refractivity contribution is 0.768. The molecule has 20 heteroatoms. The van der Waals surface area contributed by atoms with Gasteiger partial charge in [-0.25, -0.2) is 19.9 Å². The molecule has 0 fully saturated rings. The maximum Gasteiger partial charge on any atom is 0.119 e. The van der Waals surface area contributed by atoms with Gasteiger partial charge in [-0.05, 0) is 96.0 Å². The standard InChI is InChI=1S/3C5H7N.7C4H6N2.C3H5N3.11C2H6/c1-5-2-3-6-4-5;1-6-4-2-3-5-6;1-5-3-2-4-6-5;2*1-4-2-5-3-6-4;1-4-2-5-6-3-4;1-6-3-2-5-4-6;1-6-4-2-3-5-6;1-4-5-2-3-6-4;1-4-2-3-5-6-4;1-6-2-4-5-3-6;11*1-2/h2-4,6H,1H3;2-5H,1H3;2-4,6H,1H3;3*2-3H,1H3,(H,5,6);2*2-4H,1H3;2-3H,1H3,(H,5,6);3H,2H2,1H3;2-3H,1H3;11*1-2H3. The summed E-state index contributed by atoms with van der Waals surface area (Å²) in [5, 5.41) is 24.6. The smallest absolute Gasteiger partial charge is 0.119 e. The zero-order valence-electron chi connectivity index (χ0n) is 62.1. The minimum Gasteiger partial charge on any atom is -0.367 e. The Bertz CT molecular complexity index is 1880. The van der Waals surface area contributed by atoms with E-state index < -0.39 is 0 Å². The summed E-state index contributed by atoms with van der Waals surface area (Å²) in [5.41, 5.74) is 7.00. The van der Waals surface area contributed by atoms with Crippen LogP contribution in [0.2, 0.25) is 0 Å². The molecule has 0 spiro atoms. The molecule has 0 saturated carbocycles. The third-order valence-corrected chi connectivity index (χ3v) is 7.30.